The van der Waals surface area contributed by atoms with Crippen molar-refractivity contribution in [3.8, 4) is 0 Å². The minimum Gasteiger partial charge on any atom is -0.289 e. The maximum atomic E-state index is 13.9. The second kappa shape index (κ2) is 9.30. The van der Waals surface area contributed by atoms with Crippen LogP contribution in [0.5, 0.6) is 0 Å². The molecule has 16 heteroatoms. The predicted octanol–water partition coefficient (Wildman–Crippen LogP) is -0.726. The second-order valence-electron chi connectivity index (χ2n) is 9.99. The van der Waals surface area contributed by atoms with Gasteiger partial charge < -0.3 is 0 Å². The molecule has 0 saturated heterocycles. The Morgan fingerprint density at radius 1 is 0.500 bits per heavy atom. The van der Waals surface area contributed by atoms with Gasteiger partial charge >= 0.3 is 0 Å². The molecule has 6 aromatic carbocycles. The average molecular weight is 620 g/mol. The number of sulfonamides is 2. The van der Waals surface area contributed by atoms with E-state index in [9.17, 15) is 36.0 Å². The van der Waals surface area contributed by atoms with Crippen LogP contribution < -0.4 is 40.9 Å². The first kappa shape index (κ1) is 27.9. The Balaban J connectivity index is 1.84. The van der Waals surface area contributed by atoms with Gasteiger partial charge in [-0.1, -0.05) is 48.5 Å². The van der Waals surface area contributed by atoms with E-state index in [1.54, 1.807) is 9.27 Å². The Hall–Kier alpha value is -4.89. The number of hydrogen-bond donors (Lipinski definition) is 2. The molecule has 0 atom stereocenters. The largest absolute Gasteiger partial charge is 0.289 e. The molecule has 12 nitrogen and oxygen atoms in total. The molecule has 0 aliphatic heterocycles. The molecule has 1 heterocycles. The van der Waals surface area contributed by atoms with Crippen LogP contribution in [0.15, 0.2) is 89.6 Å². The minimum absolute atomic E-state index is 0.00785. The summed E-state index contributed by atoms with van der Waals surface area (Å²) in [6, 6.07) is 13.8. The fourth-order valence-corrected chi connectivity index (χ4v) is 7.52. The van der Waals surface area contributed by atoms with E-state index < -0.39 is 62.3 Å². The lowest BCUT2D eigenvalue weighted by Crippen LogP contribution is -2.29. The Kier molecular flexibility index (Phi) is 5.90. The Morgan fingerprint density at radius 2 is 0.795 bits per heavy atom. The van der Waals surface area contributed by atoms with E-state index in [4.69, 9.17) is 16.0 Å². The van der Waals surface area contributed by atoms with E-state index in [0.29, 0.717) is 0 Å². The summed E-state index contributed by atoms with van der Waals surface area (Å²) in [7, 11) is 1.53. The third kappa shape index (κ3) is 3.65. The molecule has 0 fully saturated rings. The van der Waals surface area contributed by atoms with Crippen LogP contribution in [0.4, 0.5) is 0 Å². The molecule has 0 bridgehead atoms. The third-order valence-corrected chi connectivity index (χ3v) is 10.2. The molecule has 0 spiro atoms. The van der Waals surface area contributed by atoms with Crippen LogP contribution in [-0.2, 0) is 20.0 Å². The zero-order valence-electron chi connectivity index (χ0n) is 22.0. The molecule has 44 heavy (non-hydrogen) atoms. The highest BCUT2D eigenvalue weighted by Crippen LogP contribution is 2.29. The van der Waals surface area contributed by atoms with Gasteiger partial charge in [0.15, 0.2) is 10.9 Å². The Morgan fingerprint density at radius 3 is 1.09 bits per heavy atom. The molecule has 0 aliphatic rings. The van der Waals surface area contributed by atoms with Gasteiger partial charge in [-0.15, -0.1) is 0 Å². The van der Waals surface area contributed by atoms with E-state index in [0.717, 1.165) is 12.1 Å². The SMILES string of the molecule is [B]NS(=O)(=O)c1cc2[nH+]c3c(cc(S(=O)(=O)N[B])c4c(=O)c5ccccc5c(=O)c43)[nH+]c2c2c(=O)c3ccccc3c(=O)c12. The number of hydrogen-bond acceptors (Lipinski definition) is 8. The number of aromatic amines is 2. The molecule has 4 radical (unpaired) electrons. The summed E-state index contributed by atoms with van der Waals surface area (Å²) in [6.07, 6.45) is 0. The van der Waals surface area contributed by atoms with Gasteiger partial charge in [-0.25, -0.2) is 16.8 Å². The quantitative estimate of drug-likeness (QED) is 0.146. The molecular formula is C28H14B2N4O8S2+2. The lowest BCUT2D eigenvalue weighted by atomic mass is 9.99. The molecule has 0 amide bonds. The van der Waals surface area contributed by atoms with Crippen molar-refractivity contribution < 1.29 is 26.8 Å². The number of nitrogens with one attached hydrogen (secondary N) is 4. The van der Waals surface area contributed by atoms with Gasteiger partial charge in [0.05, 0.1) is 20.6 Å². The first-order chi connectivity index (χ1) is 20.9. The summed E-state index contributed by atoms with van der Waals surface area (Å²) < 4.78 is 55.7. The number of rotatable bonds is 4. The maximum Gasteiger partial charge on any atom is 0.288 e. The average Bonchev–Trinajstić information content (AvgIpc) is 3.03. The molecule has 4 N–H and O–H groups in total. The van der Waals surface area contributed by atoms with Gasteiger partial charge in [0.25, 0.3) is 22.1 Å². The van der Waals surface area contributed by atoms with Crippen molar-refractivity contribution in [2.45, 2.75) is 9.79 Å². The van der Waals surface area contributed by atoms with Crippen LogP contribution in [0.1, 0.15) is 0 Å². The van der Waals surface area contributed by atoms with Crippen LogP contribution in [0.25, 0.3) is 65.2 Å². The maximum absolute atomic E-state index is 13.9. The Bertz CT molecular complexity index is 2730. The van der Waals surface area contributed by atoms with Gasteiger partial charge in [-0.2, -0.15) is 9.97 Å². The van der Waals surface area contributed by atoms with Crippen LogP contribution in [0.3, 0.4) is 0 Å². The summed E-state index contributed by atoms with van der Waals surface area (Å²) in [5.41, 5.74) is -3.22. The summed E-state index contributed by atoms with van der Waals surface area (Å²) in [5, 5.41) is -1.61. The van der Waals surface area contributed by atoms with Crippen molar-refractivity contribution in [3.05, 3.63) is 102 Å². The van der Waals surface area contributed by atoms with Gasteiger partial charge in [0.1, 0.15) is 10.8 Å². The van der Waals surface area contributed by atoms with Crippen LogP contribution in [0, 0.1) is 0 Å². The molecule has 7 rings (SSSR count). The molecule has 210 valence electrons. The monoisotopic (exact) mass is 620 g/mol. The van der Waals surface area contributed by atoms with E-state index in [2.05, 4.69) is 9.97 Å². The number of benzene rings is 6. The predicted molar refractivity (Wildman–Crippen MR) is 164 cm³/mol. The normalized spacial score (nSPS) is 12.7. The van der Waals surface area contributed by atoms with E-state index in [-0.39, 0.29) is 54.4 Å². The highest BCUT2D eigenvalue weighted by Gasteiger charge is 2.33. The zero-order valence-corrected chi connectivity index (χ0v) is 23.6. The minimum atomic E-state index is -4.55. The van der Waals surface area contributed by atoms with E-state index in [1.165, 1.54) is 48.5 Å². The molecule has 0 unspecified atom stereocenters. The number of aromatic nitrogens is 2. The van der Waals surface area contributed by atoms with Crippen molar-refractivity contribution in [2.75, 3.05) is 0 Å². The summed E-state index contributed by atoms with van der Waals surface area (Å²) in [4.78, 5) is 59.6. The highest BCUT2D eigenvalue weighted by molar-refractivity contribution is 7.90. The van der Waals surface area contributed by atoms with Crippen molar-refractivity contribution in [1.82, 2.24) is 9.27 Å². The highest BCUT2D eigenvalue weighted by atomic mass is 32.2. The van der Waals surface area contributed by atoms with Gasteiger partial charge in [-0.3, -0.25) is 28.4 Å². The first-order valence-corrected chi connectivity index (χ1v) is 15.7. The van der Waals surface area contributed by atoms with Crippen molar-refractivity contribution in [3.63, 3.8) is 0 Å². The lowest BCUT2D eigenvalue weighted by Gasteiger charge is -2.09. The lowest BCUT2D eigenvalue weighted by molar-refractivity contribution is -0.359. The van der Waals surface area contributed by atoms with E-state index in [1.807, 2.05) is 0 Å². The summed E-state index contributed by atoms with van der Waals surface area (Å²) in [5.74, 6) is 0. The van der Waals surface area contributed by atoms with Crippen molar-refractivity contribution in [2.24, 2.45) is 0 Å². The van der Waals surface area contributed by atoms with Gasteiger partial charge in [0, 0.05) is 33.7 Å². The van der Waals surface area contributed by atoms with Crippen LogP contribution in [0.2, 0.25) is 0 Å². The number of fused-ring (bicyclic) bond motifs is 8. The fourth-order valence-electron chi connectivity index (χ4n) is 5.80. The topological polar surface area (TPSA) is 189 Å². The first-order valence-electron chi connectivity index (χ1n) is 12.7. The fraction of sp³-hybridized carbons (Fsp3) is 0. The summed E-state index contributed by atoms with van der Waals surface area (Å²) >= 11 is 0. The van der Waals surface area contributed by atoms with Crippen LogP contribution in [-0.4, -0.2) is 32.8 Å². The van der Waals surface area contributed by atoms with Gasteiger partial charge in [0.2, 0.25) is 46.9 Å². The molecule has 0 aliphatic carbocycles. The van der Waals surface area contributed by atoms with Crippen molar-refractivity contribution in [1.29, 1.82) is 0 Å². The van der Waals surface area contributed by atoms with Crippen LogP contribution >= 0.6 is 0 Å². The standard InChI is InChI=1S/C28H12B2N4O8S2/c29-33-43(39,40)17-9-15-23(21-19(17)25(35)11-5-1-3-7-13(11)27(21)37)31-16-10-18(44(41,42)34-30)20-22(24(16)32-15)28(38)14-8-4-2-6-12(14)26(20)36/h1-10,33-34H/p+2. The zero-order chi connectivity index (χ0) is 31.3. The Labute approximate surface area is 248 Å². The summed E-state index contributed by atoms with van der Waals surface area (Å²) in [6.45, 7) is 0. The molecule has 7 aromatic rings. The second-order valence-corrected chi connectivity index (χ2v) is 13.4. The van der Waals surface area contributed by atoms with Crippen molar-refractivity contribution >= 4 is 101 Å². The number of H-pyrrole nitrogens is 2. The molecular weight excluding hydrogens is 606 g/mol. The van der Waals surface area contributed by atoms with E-state index >= 15 is 0 Å². The smallest absolute Gasteiger partial charge is 0.288 e. The van der Waals surface area contributed by atoms with Gasteiger partial charge in [-0.05, 0) is 0 Å². The molecule has 1 aromatic heterocycles. The molecule has 0 saturated carbocycles. The third-order valence-electron chi connectivity index (χ3n) is 7.73.